The lowest BCUT2D eigenvalue weighted by atomic mass is 9.93. The van der Waals surface area contributed by atoms with Gasteiger partial charge in [0.25, 0.3) is 0 Å². The zero-order valence-electron chi connectivity index (χ0n) is 9.92. The maximum absolute atomic E-state index is 10.5. The van der Waals surface area contributed by atoms with Crippen LogP contribution in [0, 0.1) is 0 Å². The Kier molecular flexibility index (Phi) is 4.22. The quantitative estimate of drug-likeness (QED) is 0.543. The van der Waals surface area contributed by atoms with Gasteiger partial charge in [0.2, 0.25) is 5.91 Å². The lowest BCUT2D eigenvalue weighted by Crippen LogP contribution is -2.46. The Morgan fingerprint density at radius 2 is 2.17 bits per heavy atom. The van der Waals surface area contributed by atoms with Crippen molar-refractivity contribution in [1.29, 1.82) is 0 Å². The first kappa shape index (κ1) is 13.9. The number of carbonyl (C=O) groups is 3. The molecule has 1 aliphatic heterocycles. The number of likely N-dealkylation sites (N-methyl/N-ethyl adjacent to an activating group) is 1. The van der Waals surface area contributed by atoms with Crippen LogP contribution in [0.1, 0.15) is 6.42 Å². The third-order valence-electron chi connectivity index (χ3n) is 2.56. The minimum Gasteiger partial charge on any atom is -0.480 e. The number of carboxylic acid groups (broad SMARTS) is 1. The van der Waals surface area contributed by atoms with Gasteiger partial charge in [-0.1, -0.05) is 24.3 Å². The number of amides is 3. The van der Waals surface area contributed by atoms with E-state index in [0.29, 0.717) is 6.42 Å². The number of aliphatic carboxylic acids is 1. The molecule has 0 bridgehead atoms. The van der Waals surface area contributed by atoms with Crippen LogP contribution in [-0.2, 0) is 9.59 Å². The van der Waals surface area contributed by atoms with Crippen molar-refractivity contribution >= 4 is 17.9 Å². The summed E-state index contributed by atoms with van der Waals surface area (Å²) < 4.78 is 0. The first-order valence-electron chi connectivity index (χ1n) is 5.28. The molecule has 2 aliphatic rings. The molecule has 1 atom stereocenters. The number of allylic oxidation sites excluding steroid dienone is 2. The van der Waals surface area contributed by atoms with Crippen molar-refractivity contribution in [3.63, 3.8) is 0 Å². The molecule has 3 amide bonds. The number of urea groups is 1. The van der Waals surface area contributed by atoms with Gasteiger partial charge in [0.05, 0.1) is 6.54 Å². The lowest BCUT2D eigenvalue weighted by Gasteiger charge is -2.20. The number of hydrogen-bond acceptors (Lipinski definition) is 4. The van der Waals surface area contributed by atoms with Gasteiger partial charge in [-0.2, -0.15) is 0 Å². The average Bonchev–Trinajstić information content (AvgIpc) is 2.62. The number of nitrogens with zero attached hydrogens (tertiary/aromatic N) is 1. The molecule has 0 radical (unpaired) electrons. The fourth-order valence-electron chi connectivity index (χ4n) is 1.30. The molecule has 2 rings (SSSR count). The summed E-state index contributed by atoms with van der Waals surface area (Å²) in [7, 11) is 1.45. The van der Waals surface area contributed by atoms with Gasteiger partial charge in [-0.15, -0.1) is 0 Å². The summed E-state index contributed by atoms with van der Waals surface area (Å²) in [6.07, 6.45) is 7.05. The number of carboxylic acids is 1. The average molecular weight is 253 g/mol. The van der Waals surface area contributed by atoms with Gasteiger partial charge >= 0.3 is 12.0 Å². The highest BCUT2D eigenvalue weighted by atomic mass is 16.4. The maximum Gasteiger partial charge on any atom is 0.328 e. The predicted molar refractivity (Wildman–Crippen MR) is 63.6 cm³/mol. The van der Waals surface area contributed by atoms with Gasteiger partial charge < -0.3 is 16.2 Å². The standard InChI is InChI=1S/C7H9NO2.C4H6N2O2/c8-7(6(9)10)4-2-1-3-5-7;1-6-3(7)2-5-4(6)8/h1-4H,5,8H2,(H,9,10);2H2,1H3,(H,5,8). The minimum absolute atomic E-state index is 0.148. The van der Waals surface area contributed by atoms with Crippen LogP contribution in [0.3, 0.4) is 0 Å². The molecule has 0 aromatic rings. The highest BCUT2D eigenvalue weighted by Crippen LogP contribution is 2.13. The maximum atomic E-state index is 10.5. The first-order valence-corrected chi connectivity index (χ1v) is 5.28. The van der Waals surface area contributed by atoms with E-state index < -0.39 is 11.5 Å². The van der Waals surface area contributed by atoms with Gasteiger partial charge in [0, 0.05) is 7.05 Å². The molecule has 1 aliphatic carbocycles. The second kappa shape index (κ2) is 5.46. The summed E-state index contributed by atoms with van der Waals surface area (Å²) in [6.45, 7) is 0.148. The molecule has 98 valence electrons. The molecule has 0 saturated carbocycles. The van der Waals surface area contributed by atoms with Crippen LogP contribution in [0.4, 0.5) is 4.79 Å². The van der Waals surface area contributed by atoms with Crippen LogP contribution < -0.4 is 11.1 Å². The van der Waals surface area contributed by atoms with Crippen molar-refractivity contribution in [3.05, 3.63) is 24.3 Å². The van der Waals surface area contributed by atoms with Gasteiger partial charge in [-0.05, 0) is 6.42 Å². The van der Waals surface area contributed by atoms with Gasteiger partial charge in [-0.3, -0.25) is 9.69 Å². The molecule has 0 spiro atoms. The SMILES string of the molecule is CN1C(=O)CNC1=O.NC1(C(=O)O)C=CC=CC1. The van der Waals surface area contributed by atoms with Gasteiger partial charge in [-0.25, -0.2) is 9.59 Å². The van der Waals surface area contributed by atoms with E-state index in [1.165, 1.54) is 13.1 Å². The molecule has 1 fully saturated rings. The zero-order valence-corrected chi connectivity index (χ0v) is 9.92. The normalized spacial score (nSPS) is 25.6. The van der Waals surface area contributed by atoms with Crippen molar-refractivity contribution in [2.24, 2.45) is 5.73 Å². The topological polar surface area (TPSA) is 113 Å². The number of nitrogens with one attached hydrogen (secondary N) is 1. The Morgan fingerprint density at radius 1 is 1.50 bits per heavy atom. The summed E-state index contributed by atoms with van der Waals surface area (Å²) in [4.78, 5) is 32.3. The fraction of sp³-hybridized carbons (Fsp3) is 0.364. The van der Waals surface area contributed by atoms with E-state index in [4.69, 9.17) is 10.8 Å². The van der Waals surface area contributed by atoms with Gasteiger partial charge in [0.15, 0.2) is 0 Å². The zero-order chi connectivity index (χ0) is 13.8. The Morgan fingerprint density at radius 3 is 2.39 bits per heavy atom. The van der Waals surface area contributed by atoms with E-state index in [0.717, 1.165) is 4.90 Å². The molecule has 0 aromatic carbocycles. The van der Waals surface area contributed by atoms with Crippen LogP contribution in [0.5, 0.6) is 0 Å². The van der Waals surface area contributed by atoms with E-state index in [1.807, 2.05) is 0 Å². The summed E-state index contributed by atoms with van der Waals surface area (Å²) >= 11 is 0. The Balaban J connectivity index is 0.000000184. The van der Waals surface area contributed by atoms with Crippen molar-refractivity contribution in [3.8, 4) is 0 Å². The highest BCUT2D eigenvalue weighted by Gasteiger charge is 2.30. The van der Waals surface area contributed by atoms with Crippen molar-refractivity contribution in [1.82, 2.24) is 10.2 Å². The molecule has 1 unspecified atom stereocenters. The van der Waals surface area contributed by atoms with E-state index in [-0.39, 0.29) is 18.5 Å². The molecular formula is C11H15N3O4. The number of carbonyl (C=O) groups excluding carboxylic acids is 2. The van der Waals surface area contributed by atoms with Crippen LogP contribution in [0.15, 0.2) is 24.3 Å². The van der Waals surface area contributed by atoms with E-state index >= 15 is 0 Å². The number of hydrogen-bond donors (Lipinski definition) is 3. The molecule has 1 saturated heterocycles. The summed E-state index contributed by atoms with van der Waals surface area (Å²) in [5.74, 6) is -1.15. The molecule has 7 heteroatoms. The second-order valence-corrected chi connectivity index (χ2v) is 3.95. The monoisotopic (exact) mass is 253 g/mol. The first-order chi connectivity index (χ1) is 8.37. The van der Waals surface area contributed by atoms with E-state index in [2.05, 4.69) is 5.32 Å². The second-order valence-electron chi connectivity index (χ2n) is 3.95. The van der Waals surface area contributed by atoms with Gasteiger partial charge in [0.1, 0.15) is 5.54 Å². The predicted octanol–water partition coefficient (Wildman–Crippen LogP) is -0.547. The summed E-state index contributed by atoms with van der Waals surface area (Å²) in [5.41, 5.74) is 4.29. The lowest BCUT2D eigenvalue weighted by molar-refractivity contribution is -0.141. The summed E-state index contributed by atoms with van der Waals surface area (Å²) in [5, 5.41) is 10.9. The van der Waals surface area contributed by atoms with Crippen LogP contribution >= 0.6 is 0 Å². The molecule has 7 nitrogen and oxygen atoms in total. The highest BCUT2D eigenvalue weighted by molar-refractivity contribution is 6.01. The Hall–Kier alpha value is -2.15. The molecule has 4 N–H and O–H groups in total. The fourth-order valence-corrected chi connectivity index (χ4v) is 1.30. The smallest absolute Gasteiger partial charge is 0.328 e. The van der Waals surface area contributed by atoms with Crippen molar-refractivity contribution in [2.75, 3.05) is 13.6 Å². The van der Waals surface area contributed by atoms with Crippen molar-refractivity contribution in [2.45, 2.75) is 12.0 Å². The van der Waals surface area contributed by atoms with Crippen LogP contribution in [-0.4, -0.2) is 47.0 Å². The third-order valence-corrected chi connectivity index (χ3v) is 2.56. The van der Waals surface area contributed by atoms with Crippen LogP contribution in [0.2, 0.25) is 0 Å². The third kappa shape index (κ3) is 3.17. The van der Waals surface area contributed by atoms with Crippen molar-refractivity contribution < 1.29 is 19.5 Å². The van der Waals surface area contributed by atoms with E-state index in [1.54, 1.807) is 18.2 Å². The summed E-state index contributed by atoms with van der Waals surface area (Å²) in [6, 6.07) is -0.310. The molecular weight excluding hydrogens is 238 g/mol. The molecule has 1 heterocycles. The largest absolute Gasteiger partial charge is 0.480 e. The minimum atomic E-state index is -1.17. The number of nitrogens with two attached hydrogens (primary N) is 1. The Labute approximate surface area is 104 Å². The molecule has 18 heavy (non-hydrogen) atoms. The molecule has 0 aromatic heterocycles. The number of rotatable bonds is 1. The van der Waals surface area contributed by atoms with Crippen LogP contribution in [0.25, 0.3) is 0 Å². The number of imide groups is 1. The Bertz CT molecular complexity index is 414. The van der Waals surface area contributed by atoms with E-state index in [9.17, 15) is 14.4 Å².